The van der Waals surface area contributed by atoms with Crippen LogP contribution in [0, 0.1) is 11.3 Å². The van der Waals surface area contributed by atoms with E-state index in [1.807, 2.05) is 17.9 Å². The van der Waals surface area contributed by atoms with Crippen LogP contribution in [0.25, 0.3) is 11.0 Å². The van der Waals surface area contributed by atoms with E-state index in [-0.39, 0.29) is 6.04 Å². The Bertz CT molecular complexity index is 849. The lowest BCUT2D eigenvalue weighted by Crippen LogP contribution is -2.48. The third-order valence-corrected chi connectivity index (χ3v) is 3.68. The molecule has 3 aromatic heterocycles. The molecule has 4 rings (SSSR count). The zero-order valence-electron chi connectivity index (χ0n) is 11.4. The average molecular weight is 280 g/mol. The Kier molecular flexibility index (Phi) is 2.41. The van der Waals surface area contributed by atoms with Gasteiger partial charge in [-0.05, 0) is 0 Å². The highest BCUT2D eigenvalue weighted by Crippen LogP contribution is 2.30. The maximum Gasteiger partial charge on any atom is 0.186 e. The minimum atomic E-state index is 0.272. The Morgan fingerprint density at radius 3 is 2.90 bits per heavy atom. The van der Waals surface area contributed by atoms with Crippen molar-refractivity contribution >= 4 is 16.9 Å². The van der Waals surface area contributed by atoms with E-state index in [0.29, 0.717) is 11.2 Å². The summed E-state index contributed by atoms with van der Waals surface area (Å²) in [5.74, 6) is 0.900. The van der Waals surface area contributed by atoms with Crippen LogP contribution in [0.4, 0.5) is 5.82 Å². The summed E-state index contributed by atoms with van der Waals surface area (Å²) < 4.78 is 3.59. The summed E-state index contributed by atoms with van der Waals surface area (Å²) in [5.41, 5.74) is 1.29. The molecule has 1 fully saturated rings. The smallest absolute Gasteiger partial charge is 0.186 e. The van der Waals surface area contributed by atoms with Gasteiger partial charge in [0.05, 0.1) is 23.2 Å². The summed E-state index contributed by atoms with van der Waals surface area (Å²) in [6.07, 6.45) is 6.84. The largest absolute Gasteiger partial charge is 0.351 e. The summed E-state index contributed by atoms with van der Waals surface area (Å²) in [4.78, 5) is 10.7. The van der Waals surface area contributed by atoms with Gasteiger partial charge in [0.2, 0.25) is 0 Å². The van der Waals surface area contributed by atoms with Gasteiger partial charge in [-0.25, -0.2) is 9.97 Å². The van der Waals surface area contributed by atoms with Gasteiger partial charge in [-0.3, -0.25) is 9.36 Å². The van der Waals surface area contributed by atoms with Crippen molar-refractivity contribution < 1.29 is 0 Å². The summed E-state index contributed by atoms with van der Waals surface area (Å²) in [5, 5.41) is 18.3. The van der Waals surface area contributed by atoms with E-state index in [1.54, 1.807) is 23.4 Å². The van der Waals surface area contributed by atoms with E-state index >= 15 is 0 Å². The van der Waals surface area contributed by atoms with Crippen molar-refractivity contribution in [1.82, 2.24) is 29.5 Å². The van der Waals surface area contributed by atoms with Gasteiger partial charge in [0.25, 0.3) is 0 Å². The van der Waals surface area contributed by atoms with Crippen LogP contribution in [-0.4, -0.2) is 42.6 Å². The van der Waals surface area contributed by atoms with E-state index in [9.17, 15) is 0 Å². The van der Waals surface area contributed by atoms with Gasteiger partial charge in [0.1, 0.15) is 18.2 Å². The first-order chi connectivity index (χ1) is 10.2. The number of anilines is 1. The molecule has 0 aromatic carbocycles. The number of rotatable bonds is 2. The molecule has 1 aliphatic rings. The molecule has 0 radical (unpaired) electrons. The summed E-state index contributed by atoms with van der Waals surface area (Å²) >= 11 is 0. The number of fused-ring (bicyclic) bond motifs is 1. The Hall–Kier alpha value is -2.95. The zero-order chi connectivity index (χ0) is 14.4. The predicted molar refractivity (Wildman–Crippen MR) is 74.5 cm³/mol. The fourth-order valence-corrected chi connectivity index (χ4v) is 2.58. The molecule has 1 saturated heterocycles. The minimum Gasteiger partial charge on any atom is -0.351 e. The van der Waals surface area contributed by atoms with Crippen molar-refractivity contribution in [2.24, 2.45) is 7.05 Å². The quantitative estimate of drug-likeness (QED) is 0.679. The molecule has 8 nitrogen and oxygen atoms in total. The molecule has 0 unspecified atom stereocenters. The molecule has 0 saturated carbocycles. The fourth-order valence-electron chi connectivity index (χ4n) is 2.58. The molecule has 8 heteroatoms. The normalized spacial score (nSPS) is 15.1. The van der Waals surface area contributed by atoms with Crippen molar-refractivity contribution in [3.8, 4) is 6.07 Å². The van der Waals surface area contributed by atoms with Crippen LogP contribution in [0.2, 0.25) is 0 Å². The Labute approximate surface area is 120 Å². The summed E-state index contributed by atoms with van der Waals surface area (Å²) in [7, 11) is 1.87. The van der Waals surface area contributed by atoms with E-state index in [2.05, 4.69) is 31.1 Å². The van der Waals surface area contributed by atoms with Crippen LogP contribution in [-0.2, 0) is 7.05 Å². The molecule has 0 aliphatic carbocycles. The van der Waals surface area contributed by atoms with Gasteiger partial charge in [0.15, 0.2) is 5.65 Å². The van der Waals surface area contributed by atoms with Crippen LogP contribution in [0.1, 0.15) is 11.6 Å². The SMILES string of the molecule is Cn1cc2c(N3CC(n4cc(C#N)cn4)C3)ncnc2n1. The van der Waals surface area contributed by atoms with Crippen LogP contribution < -0.4 is 4.90 Å². The van der Waals surface area contributed by atoms with Crippen molar-refractivity contribution in [2.45, 2.75) is 6.04 Å². The van der Waals surface area contributed by atoms with Crippen molar-refractivity contribution in [2.75, 3.05) is 18.0 Å². The number of nitrogens with zero attached hydrogens (tertiary/aromatic N) is 8. The molecule has 0 amide bonds. The molecule has 0 N–H and O–H groups in total. The first-order valence-corrected chi connectivity index (χ1v) is 6.58. The number of hydrogen-bond acceptors (Lipinski definition) is 6. The third-order valence-electron chi connectivity index (χ3n) is 3.68. The van der Waals surface area contributed by atoms with Crippen LogP contribution >= 0.6 is 0 Å². The molecule has 0 atom stereocenters. The lowest BCUT2D eigenvalue weighted by atomic mass is 10.1. The Morgan fingerprint density at radius 2 is 2.14 bits per heavy atom. The van der Waals surface area contributed by atoms with Crippen LogP contribution in [0.3, 0.4) is 0 Å². The lowest BCUT2D eigenvalue weighted by Gasteiger charge is -2.40. The zero-order valence-corrected chi connectivity index (χ0v) is 11.4. The second kappa shape index (κ2) is 4.28. The average Bonchev–Trinajstić information content (AvgIpc) is 3.03. The van der Waals surface area contributed by atoms with Gasteiger partial charge in [-0.2, -0.15) is 15.5 Å². The monoisotopic (exact) mass is 280 g/mol. The van der Waals surface area contributed by atoms with Crippen molar-refractivity contribution in [3.05, 3.63) is 30.5 Å². The molecular formula is C13H12N8. The molecule has 0 spiro atoms. The van der Waals surface area contributed by atoms with Crippen molar-refractivity contribution in [1.29, 1.82) is 5.26 Å². The van der Waals surface area contributed by atoms with Crippen LogP contribution in [0.15, 0.2) is 24.9 Å². The maximum absolute atomic E-state index is 8.83. The fraction of sp³-hybridized carbons (Fsp3) is 0.308. The molecule has 104 valence electrons. The first-order valence-electron chi connectivity index (χ1n) is 6.58. The molecular weight excluding hydrogens is 268 g/mol. The van der Waals surface area contributed by atoms with Gasteiger partial charge >= 0.3 is 0 Å². The van der Waals surface area contributed by atoms with E-state index in [1.165, 1.54) is 0 Å². The number of aromatic nitrogens is 6. The van der Waals surface area contributed by atoms with E-state index < -0.39 is 0 Å². The van der Waals surface area contributed by atoms with E-state index in [4.69, 9.17) is 5.26 Å². The highest BCUT2D eigenvalue weighted by atomic mass is 15.4. The maximum atomic E-state index is 8.83. The summed E-state index contributed by atoms with van der Waals surface area (Å²) in [6, 6.07) is 2.36. The number of hydrogen-bond donors (Lipinski definition) is 0. The molecule has 21 heavy (non-hydrogen) atoms. The predicted octanol–water partition coefficient (Wildman–Crippen LogP) is 0.493. The molecule has 4 heterocycles. The molecule has 1 aliphatic heterocycles. The second-order valence-electron chi connectivity index (χ2n) is 5.12. The summed E-state index contributed by atoms with van der Waals surface area (Å²) in [6.45, 7) is 1.63. The topological polar surface area (TPSA) is 88.5 Å². The van der Waals surface area contributed by atoms with Gasteiger partial charge in [-0.15, -0.1) is 0 Å². The number of nitriles is 1. The van der Waals surface area contributed by atoms with Gasteiger partial charge in [-0.1, -0.05) is 0 Å². The second-order valence-corrected chi connectivity index (χ2v) is 5.12. The lowest BCUT2D eigenvalue weighted by molar-refractivity contribution is 0.366. The number of aryl methyl sites for hydroxylation is 1. The minimum absolute atomic E-state index is 0.272. The molecule has 3 aromatic rings. The van der Waals surface area contributed by atoms with Gasteiger partial charge < -0.3 is 4.90 Å². The van der Waals surface area contributed by atoms with Crippen LogP contribution in [0.5, 0.6) is 0 Å². The highest BCUT2D eigenvalue weighted by Gasteiger charge is 2.31. The molecule has 0 bridgehead atoms. The third kappa shape index (κ3) is 1.82. The Balaban J connectivity index is 1.58. The Morgan fingerprint density at radius 1 is 1.29 bits per heavy atom. The standard InChI is InChI=1S/C13H12N8/c1-19-7-11-12(18-19)15-8-16-13(11)20-5-10(6-20)21-4-9(2-14)3-17-21/h3-4,7-8,10H,5-6H2,1H3. The highest BCUT2D eigenvalue weighted by molar-refractivity contribution is 5.86. The first kappa shape index (κ1) is 11.8. The van der Waals surface area contributed by atoms with Gasteiger partial charge in [0, 0.05) is 32.5 Å². The van der Waals surface area contributed by atoms with E-state index in [0.717, 1.165) is 24.3 Å². The van der Waals surface area contributed by atoms with Crippen molar-refractivity contribution in [3.63, 3.8) is 0 Å².